The standard InChI is InChI=1S/C17H21F2N5O2/c1-3-23(4-2)14-9-21-6-5-13(14)16(26)22-10-15(25)24-11-17(18,19)7-12(24)8-20/h5-6,9,12H,3-4,7,10-11H2,1-2H3,(H,22,26). The number of alkyl halides is 2. The first-order chi connectivity index (χ1) is 12.3. The largest absolute Gasteiger partial charge is 0.370 e. The van der Waals surface area contributed by atoms with Crippen molar-refractivity contribution in [3.63, 3.8) is 0 Å². The van der Waals surface area contributed by atoms with Crippen LogP contribution in [0.4, 0.5) is 14.5 Å². The SMILES string of the molecule is CCN(CC)c1cnccc1C(=O)NCC(=O)N1CC(F)(F)CC1C#N. The predicted molar refractivity (Wildman–Crippen MR) is 90.8 cm³/mol. The highest BCUT2D eigenvalue weighted by molar-refractivity contribution is 6.01. The lowest BCUT2D eigenvalue weighted by molar-refractivity contribution is -0.131. The Morgan fingerprint density at radius 1 is 1.46 bits per heavy atom. The third kappa shape index (κ3) is 4.25. The van der Waals surface area contributed by atoms with Gasteiger partial charge in [0.15, 0.2) is 0 Å². The van der Waals surface area contributed by atoms with Gasteiger partial charge in [0.05, 0.1) is 36.6 Å². The normalized spacial score (nSPS) is 18.3. The van der Waals surface area contributed by atoms with Crippen molar-refractivity contribution in [1.29, 1.82) is 5.26 Å². The summed E-state index contributed by atoms with van der Waals surface area (Å²) in [6.45, 7) is 3.98. The van der Waals surface area contributed by atoms with Crippen LogP contribution in [0.15, 0.2) is 18.5 Å². The molecule has 0 radical (unpaired) electrons. The summed E-state index contributed by atoms with van der Waals surface area (Å²) in [6, 6.07) is 2.06. The average Bonchev–Trinajstić information content (AvgIpc) is 2.96. The Kier molecular flexibility index (Phi) is 6.08. The lowest BCUT2D eigenvalue weighted by atomic mass is 10.2. The van der Waals surface area contributed by atoms with Crippen LogP contribution in [-0.2, 0) is 4.79 Å². The number of pyridine rings is 1. The van der Waals surface area contributed by atoms with E-state index in [4.69, 9.17) is 5.26 Å². The molecular weight excluding hydrogens is 344 g/mol. The number of carbonyl (C=O) groups excluding carboxylic acids is 2. The molecule has 0 saturated carbocycles. The van der Waals surface area contributed by atoms with Gasteiger partial charge in [-0.25, -0.2) is 8.78 Å². The zero-order valence-electron chi connectivity index (χ0n) is 14.7. The third-order valence-electron chi connectivity index (χ3n) is 4.29. The highest BCUT2D eigenvalue weighted by Crippen LogP contribution is 2.31. The van der Waals surface area contributed by atoms with Crippen LogP contribution in [0.5, 0.6) is 0 Å². The molecule has 1 saturated heterocycles. The van der Waals surface area contributed by atoms with Gasteiger partial charge in [0.25, 0.3) is 11.8 Å². The second kappa shape index (κ2) is 8.08. The van der Waals surface area contributed by atoms with E-state index in [9.17, 15) is 18.4 Å². The van der Waals surface area contributed by atoms with E-state index >= 15 is 0 Å². The summed E-state index contributed by atoms with van der Waals surface area (Å²) in [4.78, 5) is 31.4. The Hall–Kier alpha value is -2.76. The van der Waals surface area contributed by atoms with E-state index in [-0.39, 0.29) is 0 Å². The van der Waals surface area contributed by atoms with Crippen molar-refractivity contribution >= 4 is 17.5 Å². The van der Waals surface area contributed by atoms with E-state index in [0.29, 0.717) is 24.3 Å². The number of aromatic nitrogens is 1. The molecule has 2 rings (SSSR count). The molecule has 1 atom stereocenters. The zero-order chi connectivity index (χ0) is 19.3. The van der Waals surface area contributed by atoms with Crippen molar-refractivity contribution in [2.75, 3.05) is 31.1 Å². The van der Waals surface area contributed by atoms with Gasteiger partial charge in [-0.15, -0.1) is 0 Å². The van der Waals surface area contributed by atoms with E-state index in [1.807, 2.05) is 18.7 Å². The van der Waals surface area contributed by atoms with Crippen LogP contribution >= 0.6 is 0 Å². The summed E-state index contributed by atoms with van der Waals surface area (Å²) in [6.07, 6.45) is 2.35. The van der Waals surface area contributed by atoms with Gasteiger partial charge in [0.2, 0.25) is 5.91 Å². The highest BCUT2D eigenvalue weighted by Gasteiger charge is 2.47. The Balaban J connectivity index is 2.06. The first-order valence-corrected chi connectivity index (χ1v) is 8.37. The number of rotatable bonds is 6. The zero-order valence-corrected chi connectivity index (χ0v) is 14.7. The molecule has 9 heteroatoms. The van der Waals surface area contributed by atoms with Crippen molar-refractivity contribution in [1.82, 2.24) is 15.2 Å². The summed E-state index contributed by atoms with van der Waals surface area (Å²) < 4.78 is 26.9. The molecule has 1 aromatic heterocycles. The molecule has 1 unspecified atom stereocenters. The summed E-state index contributed by atoms with van der Waals surface area (Å²) in [5.74, 6) is -4.29. The van der Waals surface area contributed by atoms with Crippen molar-refractivity contribution in [2.45, 2.75) is 32.2 Å². The minimum Gasteiger partial charge on any atom is -0.370 e. The maximum Gasteiger partial charge on any atom is 0.268 e. The van der Waals surface area contributed by atoms with Crippen molar-refractivity contribution in [3.8, 4) is 6.07 Å². The molecule has 1 aliphatic heterocycles. The first-order valence-electron chi connectivity index (χ1n) is 8.37. The van der Waals surface area contributed by atoms with E-state index in [1.54, 1.807) is 12.3 Å². The summed E-state index contributed by atoms with van der Waals surface area (Å²) >= 11 is 0. The fourth-order valence-electron chi connectivity index (χ4n) is 2.94. The van der Waals surface area contributed by atoms with Crippen LogP contribution in [0, 0.1) is 11.3 Å². The number of anilines is 1. The van der Waals surface area contributed by atoms with E-state index in [0.717, 1.165) is 4.90 Å². The maximum atomic E-state index is 13.4. The minimum atomic E-state index is -3.08. The first kappa shape index (κ1) is 19.6. The average molecular weight is 365 g/mol. The number of nitrogens with zero attached hydrogens (tertiary/aromatic N) is 4. The van der Waals surface area contributed by atoms with Gasteiger partial charge >= 0.3 is 0 Å². The van der Waals surface area contributed by atoms with Crippen molar-refractivity contribution in [2.24, 2.45) is 0 Å². The molecule has 2 heterocycles. The number of halogens is 2. The van der Waals surface area contributed by atoms with Crippen LogP contribution in [0.2, 0.25) is 0 Å². The quantitative estimate of drug-likeness (QED) is 0.823. The van der Waals surface area contributed by atoms with Gasteiger partial charge in [0.1, 0.15) is 6.04 Å². The van der Waals surface area contributed by atoms with Gasteiger partial charge in [-0.1, -0.05) is 0 Å². The Morgan fingerprint density at radius 3 is 2.77 bits per heavy atom. The Labute approximate surface area is 150 Å². The summed E-state index contributed by atoms with van der Waals surface area (Å²) in [7, 11) is 0. The molecular formula is C17H21F2N5O2. The fraction of sp³-hybridized carbons (Fsp3) is 0.529. The van der Waals surface area contributed by atoms with Gasteiger partial charge in [-0.3, -0.25) is 14.6 Å². The number of hydrogen-bond acceptors (Lipinski definition) is 5. The van der Waals surface area contributed by atoms with Crippen LogP contribution in [-0.4, -0.2) is 59.8 Å². The molecule has 0 aromatic carbocycles. The highest BCUT2D eigenvalue weighted by atomic mass is 19.3. The van der Waals surface area contributed by atoms with Crippen LogP contribution in [0.25, 0.3) is 0 Å². The molecule has 26 heavy (non-hydrogen) atoms. The molecule has 0 spiro atoms. The Bertz CT molecular complexity index is 715. The molecule has 0 aliphatic carbocycles. The fourth-order valence-corrected chi connectivity index (χ4v) is 2.94. The van der Waals surface area contributed by atoms with E-state index < -0.39 is 43.3 Å². The van der Waals surface area contributed by atoms with Crippen molar-refractivity contribution in [3.05, 3.63) is 24.0 Å². The number of nitriles is 1. The molecule has 2 amide bonds. The number of hydrogen-bond donors (Lipinski definition) is 1. The Morgan fingerprint density at radius 2 is 2.15 bits per heavy atom. The molecule has 140 valence electrons. The monoisotopic (exact) mass is 365 g/mol. The van der Waals surface area contributed by atoms with Gasteiger partial charge in [0, 0.05) is 25.7 Å². The number of likely N-dealkylation sites (tertiary alicyclic amines) is 1. The molecule has 7 nitrogen and oxygen atoms in total. The van der Waals surface area contributed by atoms with Crippen molar-refractivity contribution < 1.29 is 18.4 Å². The van der Waals surface area contributed by atoms with E-state index in [2.05, 4.69) is 10.3 Å². The minimum absolute atomic E-state index is 0.347. The molecule has 1 aromatic rings. The van der Waals surface area contributed by atoms with Crippen LogP contribution in [0.3, 0.4) is 0 Å². The third-order valence-corrected chi connectivity index (χ3v) is 4.29. The predicted octanol–water partition coefficient (Wildman–Crippen LogP) is 1.42. The smallest absolute Gasteiger partial charge is 0.268 e. The second-order valence-electron chi connectivity index (χ2n) is 5.97. The molecule has 1 aliphatic rings. The number of carbonyl (C=O) groups is 2. The topological polar surface area (TPSA) is 89.3 Å². The van der Waals surface area contributed by atoms with Crippen LogP contribution in [0.1, 0.15) is 30.6 Å². The van der Waals surface area contributed by atoms with Gasteiger partial charge < -0.3 is 15.1 Å². The summed E-state index contributed by atoms with van der Waals surface area (Å²) in [5.41, 5.74) is 0.977. The lowest BCUT2D eigenvalue weighted by Gasteiger charge is -2.23. The molecule has 0 bridgehead atoms. The summed E-state index contributed by atoms with van der Waals surface area (Å²) in [5, 5.41) is 11.4. The number of nitrogens with one attached hydrogen (secondary N) is 1. The molecule has 1 N–H and O–H groups in total. The van der Waals surface area contributed by atoms with Gasteiger partial charge in [-0.2, -0.15) is 5.26 Å². The maximum absolute atomic E-state index is 13.4. The number of amides is 2. The molecule has 1 fully saturated rings. The lowest BCUT2D eigenvalue weighted by Crippen LogP contribution is -2.43. The van der Waals surface area contributed by atoms with E-state index in [1.165, 1.54) is 12.3 Å². The second-order valence-corrected chi connectivity index (χ2v) is 5.97. The van der Waals surface area contributed by atoms with Gasteiger partial charge in [-0.05, 0) is 19.9 Å². The van der Waals surface area contributed by atoms with Crippen LogP contribution < -0.4 is 10.2 Å².